The van der Waals surface area contributed by atoms with Gasteiger partial charge in [-0.1, -0.05) is 28.1 Å². The summed E-state index contributed by atoms with van der Waals surface area (Å²) in [6.07, 6.45) is 0. The van der Waals surface area contributed by atoms with E-state index in [9.17, 15) is 0 Å². The Kier molecular flexibility index (Phi) is 3.47. The van der Waals surface area contributed by atoms with Crippen LogP contribution >= 0.6 is 43.2 Å². The van der Waals surface area contributed by atoms with Crippen molar-refractivity contribution in [2.24, 2.45) is 0 Å². The number of nitrogens with zero attached hydrogens (tertiary/aromatic N) is 1. The molecule has 0 bridgehead atoms. The highest BCUT2D eigenvalue weighted by Gasteiger charge is 2.17. The summed E-state index contributed by atoms with van der Waals surface area (Å²) in [5.41, 5.74) is 8.93. The minimum atomic E-state index is 0.508. The molecular weight excluding hydrogens is 390 g/mol. The first-order valence-corrected chi connectivity index (χ1v) is 7.96. The first-order valence-electron chi connectivity index (χ1n) is 5.50. The molecule has 1 aromatic carbocycles. The van der Waals surface area contributed by atoms with Crippen molar-refractivity contribution in [3.63, 3.8) is 0 Å². The molecule has 3 aromatic rings. The number of thiophene rings is 1. The Morgan fingerprint density at radius 3 is 2.74 bits per heavy atom. The van der Waals surface area contributed by atoms with Crippen molar-refractivity contribution in [2.45, 2.75) is 0 Å². The zero-order valence-corrected chi connectivity index (χ0v) is 13.6. The number of benzene rings is 1. The highest BCUT2D eigenvalue weighted by molar-refractivity contribution is 9.10. The topological polar surface area (TPSA) is 54.7 Å². The fourth-order valence-corrected chi connectivity index (χ4v) is 3.90. The van der Waals surface area contributed by atoms with Crippen LogP contribution in [-0.2, 0) is 0 Å². The molecule has 2 aromatic heterocycles. The first-order chi connectivity index (χ1) is 9.16. The number of nitrogen functional groups attached to an aromatic ring is 1. The molecule has 96 valence electrons. The van der Waals surface area contributed by atoms with Crippen LogP contribution in [0, 0.1) is 0 Å². The van der Waals surface area contributed by atoms with Crippen molar-refractivity contribution in [3.8, 4) is 21.7 Å². The molecule has 19 heavy (non-hydrogen) atoms. The Morgan fingerprint density at radius 2 is 2.05 bits per heavy atom. The third-order valence-corrected chi connectivity index (χ3v) is 5.10. The maximum Gasteiger partial charge on any atom is 0.153 e. The lowest BCUT2D eigenvalue weighted by atomic mass is 10.0. The fraction of sp³-hybridized carbons (Fsp3) is 0. The van der Waals surface area contributed by atoms with Crippen molar-refractivity contribution in [2.75, 3.05) is 5.73 Å². The average Bonchev–Trinajstić information content (AvgIpc) is 2.95. The molecule has 0 radical (unpaired) electrons. The Hall–Kier alpha value is -1.11. The van der Waals surface area contributed by atoms with E-state index in [1.807, 2.05) is 35.7 Å². The van der Waals surface area contributed by atoms with E-state index in [2.05, 4.69) is 42.1 Å². The molecule has 0 aliphatic rings. The number of hydrogen-bond donors (Lipinski definition) is 2. The maximum absolute atomic E-state index is 6.01. The van der Waals surface area contributed by atoms with Crippen molar-refractivity contribution < 1.29 is 0 Å². The number of aromatic nitrogens is 2. The molecule has 6 heteroatoms. The Morgan fingerprint density at radius 1 is 1.21 bits per heavy atom. The Balaban J connectivity index is 2.22. The van der Waals surface area contributed by atoms with Gasteiger partial charge in [-0.3, -0.25) is 5.10 Å². The minimum absolute atomic E-state index is 0.508. The van der Waals surface area contributed by atoms with Gasteiger partial charge in [-0.25, -0.2) is 0 Å². The summed E-state index contributed by atoms with van der Waals surface area (Å²) in [5.74, 6) is 0.508. The lowest BCUT2D eigenvalue weighted by Crippen LogP contribution is -1.88. The minimum Gasteiger partial charge on any atom is -0.382 e. The van der Waals surface area contributed by atoms with Crippen molar-refractivity contribution in [1.82, 2.24) is 10.2 Å². The lowest BCUT2D eigenvalue weighted by molar-refractivity contribution is 1.10. The fourth-order valence-electron chi connectivity index (χ4n) is 1.93. The third kappa shape index (κ3) is 2.35. The number of nitrogens with one attached hydrogen (secondary N) is 1. The second kappa shape index (κ2) is 5.11. The van der Waals surface area contributed by atoms with Crippen LogP contribution < -0.4 is 5.73 Å². The average molecular weight is 399 g/mol. The van der Waals surface area contributed by atoms with E-state index in [0.29, 0.717) is 5.82 Å². The predicted octanol–water partition coefficient (Wildman–Crippen LogP) is 4.91. The van der Waals surface area contributed by atoms with E-state index in [1.165, 1.54) is 0 Å². The first kappa shape index (κ1) is 12.9. The summed E-state index contributed by atoms with van der Waals surface area (Å²) >= 11 is 8.67. The van der Waals surface area contributed by atoms with Gasteiger partial charge in [0, 0.05) is 8.95 Å². The predicted molar refractivity (Wildman–Crippen MR) is 87.1 cm³/mol. The molecule has 0 spiro atoms. The van der Waals surface area contributed by atoms with E-state index >= 15 is 0 Å². The molecule has 0 saturated heterocycles. The van der Waals surface area contributed by atoms with Gasteiger partial charge in [0.1, 0.15) is 0 Å². The molecule has 3 rings (SSSR count). The van der Waals surface area contributed by atoms with Crippen molar-refractivity contribution in [3.05, 3.63) is 44.7 Å². The van der Waals surface area contributed by atoms with Crippen molar-refractivity contribution >= 4 is 49.0 Å². The van der Waals surface area contributed by atoms with Gasteiger partial charge >= 0.3 is 0 Å². The zero-order chi connectivity index (χ0) is 13.4. The van der Waals surface area contributed by atoms with E-state index in [1.54, 1.807) is 11.3 Å². The maximum atomic E-state index is 6.01. The van der Waals surface area contributed by atoms with Crippen LogP contribution in [0.25, 0.3) is 21.7 Å². The normalized spacial score (nSPS) is 10.8. The molecule has 0 atom stereocenters. The van der Waals surface area contributed by atoms with E-state index in [0.717, 1.165) is 30.6 Å². The van der Waals surface area contributed by atoms with Crippen LogP contribution in [0.2, 0.25) is 0 Å². The van der Waals surface area contributed by atoms with Gasteiger partial charge in [-0.15, -0.1) is 11.3 Å². The number of H-pyrrole nitrogens is 1. The Labute approximate surface area is 131 Å². The van der Waals surface area contributed by atoms with Crippen LogP contribution in [0.3, 0.4) is 0 Å². The quantitative estimate of drug-likeness (QED) is 0.644. The standard InChI is InChI=1S/C13H9Br2N3S/c14-8-3-1-2-7(6-8)10-11(17-18-13(10)16)12-9(15)4-5-19-12/h1-6H,(H3,16,17,18). The molecule has 0 amide bonds. The second-order valence-electron chi connectivity index (χ2n) is 3.97. The van der Waals surface area contributed by atoms with Gasteiger partial charge < -0.3 is 5.73 Å². The number of hydrogen-bond acceptors (Lipinski definition) is 3. The second-order valence-corrected chi connectivity index (χ2v) is 6.65. The molecule has 3 nitrogen and oxygen atoms in total. The van der Waals surface area contributed by atoms with E-state index in [4.69, 9.17) is 5.73 Å². The van der Waals surface area contributed by atoms with Crippen LogP contribution in [0.4, 0.5) is 5.82 Å². The molecule has 0 saturated carbocycles. The largest absolute Gasteiger partial charge is 0.382 e. The smallest absolute Gasteiger partial charge is 0.153 e. The third-order valence-electron chi connectivity index (χ3n) is 2.75. The summed E-state index contributed by atoms with van der Waals surface area (Å²) in [7, 11) is 0. The molecule has 0 aliphatic carbocycles. The summed E-state index contributed by atoms with van der Waals surface area (Å²) in [5, 5.41) is 9.20. The van der Waals surface area contributed by atoms with Gasteiger partial charge in [0.25, 0.3) is 0 Å². The highest BCUT2D eigenvalue weighted by atomic mass is 79.9. The SMILES string of the molecule is Nc1n[nH]c(-c2sccc2Br)c1-c1cccc(Br)c1. The number of nitrogens with two attached hydrogens (primary N) is 1. The number of anilines is 1. The molecule has 2 heterocycles. The highest BCUT2D eigenvalue weighted by Crippen LogP contribution is 2.41. The summed E-state index contributed by atoms with van der Waals surface area (Å²) < 4.78 is 2.05. The molecule has 3 N–H and O–H groups in total. The zero-order valence-electron chi connectivity index (χ0n) is 9.65. The number of aromatic amines is 1. The van der Waals surface area contributed by atoms with Gasteiger partial charge in [0.05, 0.1) is 16.1 Å². The van der Waals surface area contributed by atoms with Gasteiger partial charge in [-0.05, 0) is 45.1 Å². The molecule has 0 unspecified atom stereocenters. The molecule has 0 aliphatic heterocycles. The van der Waals surface area contributed by atoms with Gasteiger partial charge in [-0.2, -0.15) is 5.10 Å². The monoisotopic (exact) mass is 397 g/mol. The summed E-state index contributed by atoms with van der Waals surface area (Å²) in [4.78, 5) is 1.10. The van der Waals surface area contributed by atoms with Crippen LogP contribution in [-0.4, -0.2) is 10.2 Å². The summed E-state index contributed by atoms with van der Waals surface area (Å²) in [6.45, 7) is 0. The van der Waals surface area contributed by atoms with Crippen LogP contribution in [0.1, 0.15) is 0 Å². The van der Waals surface area contributed by atoms with Gasteiger partial charge in [0.2, 0.25) is 0 Å². The number of halogens is 2. The Bertz CT molecular complexity index is 733. The molecular formula is C13H9Br2N3S. The van der Waals surface area contributed by atoms with E-state index < -0.39 is 0 Å². The number of rotatable bonds is 2. The summed E-state index contributed by atoms with van der Waals surface area (Å²) in [6, 6.07) is 10.0. The van der Waals surface area contributed by atoms with Crippen molar-refractivity contribution in [1.29, 1.82) is 0 Å². The van der Waals surface area contributed by atoms with Crippen LogP contribution in [0.5, 0.6) is 0 Å². The molecule has 0 fully saturated rings. The lowest BCUT2D eigenvalue weighted by Gasteiger charge is -2.04. The van der Waals surface area contributed by atoms with Gasteiger partial charge in [0.15, 0.2) is 5.82 Å². The van der Waals surface area contributed by atoms with E-state index in [-0.39, 0.29) is 0 Å². The van der Waals surface area contributed by atoms with Crippen LogP contribution in [0.15, 0.2) is 44.7 Å².